The normalized spacial score (nSPS) is 21.2. The van der Waals surface area contributed by atoms with E-state index in [4.69, 9.17) is 22.4 Å². The van der Waals surface area contributed by atoms with Crippen molar-refractivity contribution < 1.29 is 19.8 Å². The molecule has 2 N–H and O–H groups in total. The van der Waals surface area contributed by atoms with E-state index in [1.165, 1.54) is 12.2 Å². The van der Waals surface area contributed by atoms with Gasteiger partial charge in [-0.2, -0.15) is 0 Å². The fourth-order valence-electron chi connectivity index (χ4n) is 0.976. The van der Waals surface area contributed by atoms with E-state index in [0.717, 1.165) is 0 Å². The van der Waals surface area contributed by atoms with Crippen molar-refractivity contribution in [2.45, 2.75) is 0 Å². The predicted octanol–water partition coefficient (Wildman–Crippen LogP) is 1.36. The van der Waals surface area contributed by atoms with Gasteiger partial charge in [0.15, 0.2) is 0 Å². The molecule has 4 nitrogen and oxygen atoms in total. The molecule has 0 amide bonds. The van der Waals surface area contributed by atoms with Crippen molar-refractivity contribution in [2.24, 2.45) is 5.92 Å². The second-order valence-electron chi connectivity index (χ2n) is 2.60. The zero-order chi connectivity index (χ0) is 10.9. The molecule has 0 bridgehead atoms. The van der Waals surface area contributed by atoms with Gasteiger partial charge in [0, 0.05) is 9.35 Å². The minimum Gasteiger partial charge on any atom is -0.481 e. The van der Waals surface area contributed by atoms with Crippen LogP contribution in [0, 0.1) is 5.92 Å². The van der Waals surface area contributed by atoms with Crippen molar-refractivity contribution in [3.05, 3.63) is 22.2 Å². The molecule has 0 spiro atoms. The van der Waals surface area contributed by atoms with Crippen LogP contribution in [0.4, 0.5) is 0 Å². The number of hydrogen-bond donors (Lipinski definition) is 2. The van der Waals surface area contributed by atoms with Crippen LogP contribution in [0.15, 0.2) is 22.2 Å². The Labute approximate surface area is 93.0 Å². The third kappa shape index (κ3) is 2.08. The number of carboxylic acids is 2. The maximum absolute atomic E-state index is 10.7. The highest BCUT2D eigenvalue weighted by Gasteiger charge is 2.26. The van der Waals surface area contributed by atoms with E-state index >= 15 is 0 Å². The number of thiocarbonyl (C=S) groups is 1. The van der Waals surface area contributed by atoms with E-state index < -0.39 is 17.9 Å². The Bertz CT molecular complexity index is 383. The van der Waals surface area contributed by atoms with Crippen LogP contribution in [-0.4, -0.2) is 27.0 Å². The fourth-order valence-corrected chi connectivity index (χ4v) is 1.81. The van der Waals surface area contributed by atoms with Gasteiger partial charge in [-0.1, -0.05) is 34.2 Å². The van der Waals surface area contributed by atoms with E-state index in [9.17, 15) is 9.59 Å². The Kier molecular flexibility index (Phi) is 3.17. The molecule has 1 aliphatic rings. The quantitative estimate of drug-likeness (QED) is 0.745. The molecule has 1 aliphatic carbocycles. The van der Waals surface area contributed by atoms with Crippen molar-refractivity contribution >= 4 is 45.0 Å². The van der Waals surface area contributed by atoms with E-state index in [2.05, 4.69) is 15.9 Å². The van der Waals surface area contributed by atoms with Gasteiger partial charge in [0.2, 0.25) is 0 Å². The highest BCUT2D eigenvalue weighted by Crippen LogP contribution is 2.26. The Morgan fingerprint density at radius 1 is 1.43 bits per heavy atom. The molecule has 0 fully saturated rings. The Balaban J connectivity index is 3.08. The Hall–Kier alpha value is -1.01. The molecule has 0 saturated carbocycles. The summed E-state index contributed by atoms with van der Waals surface area (Å²) in [5.41, 5.74) is -0.0208. The first-order valence-corrected chi connectivity index (χ1v) is 4.73. The largest absolute Gasteiger partial charge is 0.481 e. The molecule has 74 valence electrons. The van der Waals surface area contributed by atoms with Crippen LogP contribution in [0.1, 0.15) is 0 Å². The minimum atomic E-state index is -1.14. The summed E-state index contributed by atoms with van der Waals surface area (Å²) in [6, 6.07) is 0. The first-order chi connectivity index (χ1) is 6.43. The zero-order valence-corrected chi connectivity index (χ0v) is 9.13. The first-order valence-electron chi connectivity index (χ1n) is 3.53. The van der Waals surface area contributed by atoms with Gasteiger partial charge in [0.05, 0.1) is 5.57 Å². The molecule has 1 atom stereocenters. The fraction of sp³-hybridized carbons (Fsp3) is 0.125. The molecule has 0 aliphatic heterocycles. The van der Waals surface area contributed by atoms with Gasteiger partial charge in [-0.05, 0) is 6.08 Å². The summed E-state index contributed by atoms with van der Waals surface area (Å²) < 4.78 is 0.242. The highest BCUT2D eigenvalue weighted by atomic mass is 79.9. The first kappa shape index (κ1) is 11.1. The standard InChI is InChI=1S/C8H5BrO4S/c9-5-1-4(8(12)13)6(14)2-3(5)7(10)11/h1-2,4H,(H,10,11)(H,12,13). The average molecular weight is 277 g/mol. The molecule has 0 heterocycles. The number of rotatable bonds is 2. The van der Waals surface area contributed by atoms with Gasteiger partial charge in [-0.15, -0.1) is 0 Å². The maximum Gasteiger partial charge on any atom is 0.336 e. The minimum absolute atomic E-state index is 0.0208. The molecule has 6 heteroatoms. The second-order valence-corrected chi connectivity index (χ2v) is 3.92. The van der Waals surface area contributed by atoms with Gasteiger partial charge in [0.25, 0.3) is 0 Å². The summed E-state index contributed by atoms with van der Waals surface area (Å²) in [7, 11) is 0. The van der Waals surface area contributed by atoms with E-state index in [0.29, 0.717) is 0 Å². The number of allylic oxidation sites excluding steroid dienone is 1. The van der Waals surface area contributed by atoms with Crippen molar-refractivity contribution in [1.29, 1.82) is 0 Å². The highest BCUT2D eigenvalue weighted by molar-refractivity contribution is 9.12. The second kappa shape index (κ2) is 4.02. The molecule has 1 rings (SSSR count). The van der Waals surface area contributed by atoms with Crippen LogP contribution in [0.5, 0.6) is 0 Å². The smallest absolute Gasteiger partial charge is 0.336 e. The summed E-state index contributed by atoms with van der Waals surface area (Å²) >= 11 is 7.75. The summed E-state index contributed by atoms with van der Waals surface area (Å²) in [5.74, 6) is -3.16. The number of hydrogen-bond acceptors (Lipinski definition) is 3. The molecular formula is C8H5BrO4S. The topological polar surface area (TPSA) is 74.6 Å². The van der Waals surface area contributed by atoms with Crippen molar-refractivity contribution in [3.8, 4) is 0 Å². The lowest BCUT2D eigenvalue weighted by Gasteiger charge is -2.14. The van der Waals surface area contributed by atoms with E-state index in [-0.39, 0.29) is 14.9 Å². The van der Waals surface area contributed by atoms with Crippen molar-refractivity contribution in [1.82, 2.24) is 0 Å². The summed E-state index contributed by atoms with van der Waals surface area (Å²) in [6.45, 7) is 0. The zero-order valence-electron chi connectivity index (χ0n) is 6.73. The summed E-state index contributed by atoms with van der Waals surface area (Å²) in [4.78, 5) is 21.4. The third-order valence-corrected chi connectivity index (χ3v) is 2.72. The Morgan fingerprint density at radius 2 is 2.00 bits per heavy atom. The van der Waals surface area contributed by atoms with Crippen LogP contribution >= 0.6 is 28.1 Å². The van der Waals surface area contributed by atoms with Crippen molar-refractivity contribution in [3.63, 3.8) is 0 Å². The lowest BCUT2D eigenvalue weighted by atomic mass is 9.96. The molecule has 14 heavy (non-hydrogen) atoms. The lowest BCUT2D eigenvalue weighted by molar-refractivity contribution is -0.138. The predicted molar refractivity (Wildman–Crippen MR) is 56.5 cm³/mol. The maximum atomic E-state index is 10.7. The van der Waals surface area contributed by atoms with Gasteiger partial charge in [-0.3, -0.25) is 4.79 Å². The lowest BCUT2D eigenvalue weighted by Crippen LogP contribution is -2.23. The van der Waals surface area contributed by atoms with Crippen LogP contribution in [0.2, 0.25) is 0 Å². The number of aliphatic carboxylic acids is 2. The SMILES string of the molecule is O=C(O)C1=CC(=S)C(C(=O)O)C=C1Br. The molecule has 0 radical (unpaired) electrons. The molecular weight excluding hydrogens is 272 g/mol. The van der Waals surface area contributed by atoms with Gasteiger partial charge in [-0.25, -0.2) is 4.79 Å². The molecule has 0 aromatic carbocycles. The number of halogens is 1. The third-order valence-electron chi connectivity index (χ3n) is 1.66. The van der Waals surface area contributed by atoms with Gasteiger partial charge < -0.3 is 10.2 Å². The Morgan fingerprint density at radius 3 is 2.43 bits per heavy atom. The molecule has 0 saturated heterocycles. The summed E-state index contributed by atoms with van der Waals surface area (Å²) in [5, 5.41) is 17.4. The monoisotopic (exact) mass is 276 g/mol. The molecule has 0 aromatic heterocycles. The average Bonchev–Trinajstić information content (AvgIpc) is 2.07. The summed E-state index contributed by atoms with van der Waals surface area (Å²) in [6.07, 6.45) is 2.45. The molecule has 1 unspecified atom stereocenters. The van der Waals surface area contributed by atoms with E-state index in [1.807, 2.05) is 0 Å². The van der Waals surface area contributed by atoms with Gasteiger partial charge in [0.1, 0.15) is 5.92 Å². The van der Waals surface area contributed by atoms with Crippen LogP contribution in [0.3, 0.4) is 0 Å². The van der Waals surface area contributed by atoms with Crippen LogP contribution < -0.4 is 0 Å². The van der Waals surface area contributed by atoms with Crippen LogP contribution in [0.25, 0.3) is 0 Å². The van der Waals surface area contributed by atoms with E-state index in [1.54, 1.807) is 0 Å². The van der Waals surface area contributed by atoms with Crippen LogP contribution in [-0.2, 0) is 9.59 Å². The number of carbonyl (C=O) groups is 2. The number of carboxylic acid groups (broad SMARTS) is 2. The van der Waals surface area contributed by atoms with Crippen molar-refractivity contribution in [2.75, 3.05) is 0 Å². The molecule has 0 aromatic rings. The van der Waals surface area contributed by atoms with Gasteiger partial charge >= 0.3 is 11.9 Å².